The van der Waals surface area contributed by atoms with Gasteiger partial charge in [0, 0.05) is 6.08 Å². The Bertz CT molecular complexity index is 475. The third kappa shape index (κ3) is 4.32. The van der Waals surface area contributed by atoms with Crippen molar-refractivity contribution in [2.75, 3.05) is 14.2 Å². The molecule has 19 heavy (non-hydrogen) atoms. The van der Waals surface area contributed by atoms with Crippen LogP contribution in [-0.2, 0) is 4.79 Å². The predicted molar refractivity (Wildman–Crippen MR) is 74.6 cm³/mol. The van der Waals surface area contributed by atoms with Crippen molar-refractivity contribution in [3.8, 4) is 11.5 Å². The van der Waals surface area contributed by atoms with Crippen LogP contribution in [-0.4, -0.2) is 25.3 Å². The van der Waals surface area contributed by atoms with Crippen molar-refractivity contribution in [1.29, 1.82) is 0 Å². The highest BCUT2D eigenvalue weighted by atomic mass is 16.5. The van der Waals surface area contributed by atoms with Crippen LogP contribution in [0.4, 0.5) is 0 Å². The summed E-state index contributed by atoms with van der Waals surface area (Å²) in [5.41, 5.74) is 1.62. The second kappa shape index (κ2) is 6.83. The van der Waals surface area contributed by atoms with E-state index < -0.39 is 5.97 Å². The molecule has 0 amide bonds. The fourth-order valence-corrected chi connectivity index (χ4v) is 1.88. The van der Waals surface area contributed by atoms with Crippen LogP contribution in [0.3, 0.4) is 0 Å². The Kier molecular flexibility index (Phi) is 5.42. The second-order valence-electron chi connectivity index (χ2n) is 4.68. The van der Waals surface area contributed by atoms with Crippen LogP contribution in [0.5, 0.6) is 11.5 Å². The normalized spacial score (nSPS) is 11.5. The van der Waals surface area contributed by atoms with Gasteiger partial charge in [-0.15, -0.1) is 0 Å². The number of allylic oxidation sites excluding steroid dienone is 1. The molecule has 1 aromatic rings. The minimum absolute atomic E-state index is 0.374. The van der Waals surface area contributed by atoms with E-state index >= 15 is 0 Å². The molecule has 0 aromatic heterocycles. The smallest absolute Gasteiger partial charge is 0.328 e. The third-order valence-electron chi connectivity index (χ3n) is 2.68. The molecule has 0 saturated carbocycles. The topological polar surface area (TPSA) is 55.8 Å². The number of rotatable bonds is 6. The van der Waals surface area contributed by atoms with Gasteiger partial charge in [0.05, 0.1) is 14.2 Å². The van der Waals surface area contributed by atoms with E-state index in [4.69, 9.17) is 14.6 Å². The van der Waals surface area contributed by atoms with Gasteiger partial charge in [0.1, 0.15) is 0 Å². The number of carboxylic acid groups (broad SMARTS) is 1. The van der Waals surface area contributed by atoms with Crippen molar-refractivity contribution in [3.63, 3.8) is 0 Å². The van der Waals surface area contributed by atoms with Gasteiger partial charge in [0.15, 0.2) is 11.5 Å². The molecule has 4 heteroatoms. The molecule has 0 spiro atoms. The molecule has 0 aliphatic carbocycles. The van der Waals surface area contributed by atoms with Crippen LogP contribution >= 0.6 is 0 Å². The Morgan fingerprint density at radius 3 is 2.37 bits per heavy atom. The van der Waals surface area contributed by atoms with E-state index in [0.717, 1.165) is 11.1 Å². The molecule has 1 N–H and O–H groups in total. The first-order chi connectivity index (χ1) is 8.97. The van der Waals surface area contributed by atoms with Crippen molar-refractivity contribution in [2.45, 2.75) is 20.3 Å². The van der Waals surface area contributed by atoms with Gasteiger partial charge >= 0.3 is 5.97 Å². The Morgan fingerprint density at radius 2 is 1.89 bits per heavy atom. The van der Waals surface area contributed by atoms with Crippen LogP contribution in [0.2, 0.25) is 0 Å². The first-order valence-corrected chi connectivity index (χ1v) is 6.13. The predicted octanol–water partition coefficient (Wildman–Crippen LogP) is 3.22. The van der Waals surface area contributed by atoms with E-state index in [2.05, 4.69) is 13.8 Å². The summed E-state index contributed by atoms with van der Waals surface area (Å²) in [7, 11) is 3.13. The summed E-state index contributed by atoms with van der Waals surface area (Å²) in [5.74, 6) is 0.662. The lowest BCUT2D eigenvalue weighted by atomic mass is 9.95. The van der Waals surface area contributed by atoms with Gasteiger partial charge in [-0.25, -0.2) is 4.79 Å². The summed E-state index contributed by atoms with van der Waals surface area (Å²) < 4.78 is 10.4. The van der Waals surface area contributed by atoms with Crippen LogP contribution < -0.4 is 9.47 Å². The maximum Gasteiger partial charge on any atom is 0.328 e. The Balaban J connectivity index is 3.19. The van der Waals surface area contributed by atoms with Crippen LogP contribution in [0.25, 0.3) is 5.57 Å². The zero-order chi connectivity index (χ0) is 14.4. The van der Waals surface area contributed by atoms with Crippen molar-refractivity contribution < 1.29 is 19.4 Å². The number of hydrogen-bond acceptors (Lipinski definition) is 3. The number of benzene rings is 1. The maximum atomic E-state index is 10.9. The van der Waals surface area contributed by atoms with E-state index in [1.165, 1.54) is 6.08 Å². The van der Waals surface area contributed by atoms with Gasteiger partial charge in [-0.1, -0.05) is 19.9 Å². The van der Waals surface area contributed by atoms with Crippen molar-refractivity contribution in [3.05, 3.63) is 29.8 Å². The molecule has 4 nitrogen and oxygen atoms in total. The Labute approximate surface area is 113 Å². The number of carboxylic acids is 1. The molecule has 0 fully saturated rings. The SMILES string of the molecule is COc1ccc(/C(=C/C(=O)O)CC(C)C)cc1OC. The summed E-state index contributed by atoms with van der Waals surface area (Å²) in [6.07, 6.45) is 1.95. The zero-order valence-electron chi connectivity index (χ0n) is 11.8. The van der Waals surface area contributed by atoms with Crippen molar-refractivity contribution >= 4 is 11.5 Å². The first kappa shape index (κ1) is 15.1. The van der Waals surface area contributed by atoms with Gasteiger partial charge in [0.25, 0.3) is 0 Å². The average molecular weight is 264 g/mol. The molecule has 0 aliphatic rings. The lowest BCUT2D eigenvalue weighted by Gasteiger charge is -2.13. The molecule has 1 aromatic carbocycles. The largest absolute Gasteiger partial charge is 0.493 e. The molecule has 0 radical (unpaired) electrons. The van der Waals surface area contributed by atoms with E-state index in [0.29, 0.717) is 23.8 Å². The third-order valence-corrected chi connectivity index (χ3v) is 2.68. The maximum absolute atomic E-state index is 10.9. The quantitative estimate of drug-likeness (QED) is 0.801. The van der Waals surface area contributed by atoms with E-state index in [1.54, 1.807) is 26.4 Å². The lowest BCUT2D eigenvalue weighted by molar-refractivity contribution is -0.131. The number of carbonyl (C=O) groups is 1. The van der Waals surface area contributed by atoms with Crippen molar-refractivity contribution in [2.24, 2.45) is 5.92 Å². The highest BCUT2D eigenvalue weighted by molar-refractivity contribution is 5.90. The summed E-state index contributed by atoms with van der Waals surface area (Å²) in [6, 6.07) is 5.43. The number of methoxy groups -OCH3 is 2. The summed E-state index contributed by atoms with van der Waals surface area (Å²) in [4.78, 5) is 10.9. The average Bonchev–Trinajstić information content (AvgIpc) is 2.36. The zero-order valence-corrected chi connectivity index (χ0v) is 11.8. The number of aliphatic carboxylic acids is 1. The fraction of sp³-hybridized carbons (Fsp3) is 0.400. The minimum Gasteiger partial charge on any atom is -0.493 e. The highest BCUT2D eigenvalue weighted by Gasteiger charge is 2.11. The molecule has 0 unspecified atom stereocenters. The molecule has 0 bridgehead atoms. The second-order valence-corrected chi connectivity index (χ2v) is 4.68. The van der Waals surface area contributed by atoms with Crippen LogP contribution in [0, 0.1) is 5.92 Å². The summed E-state index contributed by atoms with van der Waals surface area (Å²) >= 11 is 0. The molecule has 104 valence electrons. The van der Waals surface area contributed by atoms with E-state index in [1.807, 2.05) is 6.07 Å². The molecule has 0 saturated heterocycles. The van der Waals surface area contributed by atoms with Crippen molar-refractivity contribution in [1.82, 2.24) is 0 Å². The van der Waals surface area contributed by atoms with E-state index in [9.17, 15) is 4.79 Å². The standard InChI is InChI=1S/C15H20O4/c1-10(2)7-12(9-15(16)17)11-5-6-13(18-3)14(8-11)19-4/h5-6,8-10H,7H2,1-4H3,(H,16,17)/b12-9+. The van der Waals surface area contributed by atoms with Crippen LogP contribution in [0.15, 0.2) is 24.3 Å². The van der Waals surface area contributed by atoms with Crippen LogP contribution in [0.1, 0.15) is 25.8 Å². The number of hydrogen-bond donors (Lipinski definition) is 1. The monoisotopic (exact) mass is 264 g/mol. The van der Waals surface area contributed by atoms with Gasteiger partial charge in [-0.05, 0) is 35.6 Å². The summed E-state index contributed by atoms with van der Waals surface area (Å²) in [6.45, 7) is 4.10. The van der Waals surface area contributed by atoms with Gasteiger partial charge in [0.2, 0.25) is 0 Å². The van der Waals surface area contributed by atoms with E-state index in [-0.39, 0.29) is 0 Å². The molecule has 0 aliphatic heterocycles. The molecule has 1 rings (SSSR count). The minimum atomic E-state index is -0.939. The molecular formula is C15H20O4. The van der Waals surface area contributed by atoms with Gasteiger partial charge in [-0.3, -0.25) is 0 Å². The highest BCUT2D eigenvalue weighted by Crippen LogP contribution is 2.32. The first-order valence-electron chi connectivity index (χ1n) is 6.13. The molecule has 0 heterocycles. The van der Waals surface area contributed by atoms with Gasteiger partial charge < -0.3 is 14.6 Å². The molecular weight excluding hydrogens is 244 g/mol. The Hall–Kier alpha value is -1.97. The number of ether oxygens (including phenoxy) is 2. The lowest BCUT2D eigenvalue weighted by Crippen LogP contribution is -1.98. The molecule has 0 atom stereocenters. The fourth-order valence-electron chi connectivity index (χ4n) is 1.88. The summed E-state index contributed by atoms with van der Waals surface area (Å²) in [5, 5.41) is 8.95. The van der Waals surface area contributed by atoms with Gasteiger partial charge in [-0.2, -0.15) is 0 Å². The Morgan fingerprint density at radius 1 is 1.26 bits per heavy atom.